The van der Waals surface area contributed by atoms with Crippen molar-refractivity contribution in [3.05, 3.63) is 23.8 Å². The lowest BCUT2D eigenvalue weighted by atomic mass is 10.1. The van der Waals surface area contributed by atoms with E-state index in [1.54, 1.807) is 33.8 Å². The first-order chi connectivity index (χ1) is 19.0. The summed E-state index contributed by atoms with van der Waals surface area (Å²) in [6.45, 7) is 16.6. The number of benzene rings is 1. The molecule has 0 aliphatic heterocycles. The highest BCUT2D eigenvalue weighted by molar-refractivity contribution is 5.77. The standard InChI is InChI=1S/C31H49NO9/c1-10-31(8,9)41-30(36)38-22(7)21(6)37-29(35)24(32)17-23-13-14-25(39-27(33)15-11-19(2)3)26(18-23)40-28(34)16-12-20(4)5/h13-14,18-22,24H,10-12,15-17,32H2,1-9H3/t21-,22-,24-/m0/s1. The minimum Gasteiger partial charge on any atom is -0.458 e. The van der Waals surface area contributed by atoms with E-state index in [9.17, 15) is 19.2 Å². The van der Waals surface area contributed by atoms with E-state index in [0.717, 1.165) is 0 Å². The molecule has 0 unspecified atom stereocenters. The molecule has 0 fully saturated rings. The van der Waals surface area contributed by atoms with Gasteiger partial charge in [-0.2, -0.15) is 0 Å². The second kappa shape index (κ2) is 17.0. The van der Waals surface area contributed by atoms with E-state index in [4.69, 9.17) is 29.4 Å². The van der Waals surface area contributed by atoms with Crippen LogP contribution in [-0.4, -0.2) is 47.9 Å². The number of hydrogen-bond acceptors (Lipinski definition) is 10. The number of rotatable bonds is 16. The van der Waals surface area contributed by atoms with Crippen LogP contribution in [0.15, 0.2) is 18.2 Å². The van der Waals surface area contributed by atoms with E-state index in [1.165, 1.54) is 12.1 Å². The molecule has 0 bridgehead atoms. The summed E-state index contributed by atoms with van der Waals surface area (Å²) >= 11 is 0. The summed E-state index contributed by atoms with van der Waals surface area (Å²) in [7, 11) is 0. The maximum Gasteiger partial charge on any atom is 0.509 e. The highest BCUT2D eigenvalue weighted by Crippen LogP contribution is 2.30. The van der Waals surface area contributed by atoms with Crippen molar-refractivity contribution in [1.82, 2.24) is 0 Å². The molecule has 0 saturated carbocycles. The zero-order chi connectivity index (χ0) is 31.3. The van der Waals surface area contributed by atoms with E-state index in [2.05, 4.69) is 0 Å². The maximum absolute atomic E-state index is 12.7. The fraction of sp³-hybridized carbons (Fsp3) is 0.677. The first-order valence-corrected chi connectivity index (χ1v) is 14.4. The van der Waals surface area contributed by atoms with Crippen molar-refractivity contribution in [1.29, 1.82) is 0 Å². The highest BCUT2D eigenvalue weighted by atomic mass is 16.7. The quantitative estimate of drug-likeness (QED) is 0.186. The number of carbonyl (C=O) groups is 4. The molecule has 0 radical (unpaired) electrons. The van der Waals surface area contributed by atoms with E-state index < -0.39 is 47.9 Å². The zero-order valence-corrected chi connectivity index (χ0v) is 26.1. The smallest absolute Gasteiger partial charge is 0.458 e. The molecule has 0 heterocycles. The average molecular weight is 580 g/mol. The van der Waals surface area contributed by atoms with Gasteiger partial charge in [0.2, 0.25) is 0 Å². The largest absolute Gasteiger partial charge is 0.509 e. The van der Waals surface area contributed by atoms with Crippen LogP contribution >= 0.6 is 0 Å². The topological polar surface area (TPSA) is 140 Å². The molecular weight excluding hydrogens is 530 g/mol. The fourth-order valence-electron chi connectivity index (χ4n) is 3.28. The SMILES string of the molecule is CCC(C)(C)OC(=O)O[C@@H](C)[C@H](C)OC(=O)[C@@H](N)Cc1ccc(OC(=O)CCC(C)C)c(OC(=O)CCC(C)C)c1. The monoisotopic (exact) mass is 579 g/mol. The van der Waals surface area contributed by atoms with Crippen LogP contribution in [0.1, 0.15) is 100.0 Å². The molecule has 0 saturated heterocycles. The van der Waals surface area contributed by atoms with Crippen LogP contribution in [0.3, 0.4) is 0 Å². The summed E-state index contributed by atoms with van der Waals surface area (Å²) in [6, 6.07) is 3.64. The van der Waals surface area contributed by atoms with E-state index in [-0.39, 0.29) is 30.8 Å². The van der Waals surface area contributed by atoms with Crippen molar-refractivity contribution in [2.45, 2.75) is 125 Å². The second-order valence-corrected chi connectivity index (χ2v) is 11.8. The van der Waals surface area contributed by atoms with Crippen molar-refractivity contribution >= 4 is 24.1 Å². The lowest BCUT2D eigenvalue weighted by molar-refractivity contribution is -0.156. The molecule has 232 valence electrons. The van der Waals surface area contributed by atoms with Gasteiger partial charge in [-0.05, 0) is 82.9 Å². The minimum atomic E-state index is -1.06. The predicted octanol–water partition coefficient (Wildman–Crippen LogP) is 5.90. The van der Waals surface area contributed by atoms with Gasteiger partial charge < -0.3 is 29.4 Å². The van der Waals surface area contributed by atoms with Gasteiger partial charge in [0.05, 0.1) is 0 Å². The lowest BCUT2D eigenvalue weighted by Gasteiger charge is -2.26. The molecule has 10 nitrogen and oxygen atoms in total. The third kappa shape index (κ3) is 14.4. The molecule has 1 aromatic rings. The van der Waals surface area contributed by atoms with Gasteiger partial charge in [-0.1, -0.05) is 40.7 Å². The molecule has 10 heteroatoms. The molecular formula is C31H49NO9. The molecule has 1 aromatic carbocycles. The fourth-order valence-corrected chi connectivity index (χ4v) is 3.28. The van der Waals surface area contributed by atoms with Crippen molar-refractivity contribution in [2.24, 2.45) is 17.6 Å². The Morgan fingerprint density at radius 1 is 0.805 bits per heavy atom. The summed E-state index contributed by atoms with van der Waals surface area (Å²) < 4.78 is 27.0. The minimum absolute atomic E-state index is 0.0612. The lowest BCUT2D eigenvalue weighted by Crippen LogP contribution is -2.40. The van der Waals surface area contributed by atoms with Crippen LogP contribution in [0.5, 0.6) is 11.5 Å². The number of esters is 3. The van der Waals surface area contributed by atoms with Crippen molar-refractivity contribution in [3.8, 4) is 11.5 Å². The Morgan fingerprint density at radius 3 is 1.83 bits per heavy atom. The summed E-state index contributed by atoms with van der Waals surface area (Å²) in [6.07, 6.45) is 0.00849. The summed E-state index contributed by atoms with van der Waals surface area (Å²) in [4.78, 5) is 49.6. The normalized spacial score (nSPS) is 13.8. The molecule has 3 atom stereocenters. The van der Waals surface area contributed by atoms with Crippen molar-refractivity contribution in [3.63, 3.8) is 0 Å². The van der Waals surface area contributed by atoms with Crippen LogP contribution in [0, 0.1) is 11.8 Å². The molecule has 41 heavy (non-hydrogen) atoms. The molecule has 0 spiro atoms. The van der Waals surface area contributed by atoms with Gasteiger partial charge in [-0.3, -0.25) is 14.4 Å². The summed E-state index contributed by atoms with van der Waals surface area (Å²) in [5.41, 5.74) is 6.02. The van der Waals surface area contributed by atoms with Crippen LogP contribution in [0.2, 0.25) is 0 Å². The maximum atomic E-state index is 12.7. The average Bonchev–Trinajstić information content (AvgIpc) is 2.87. The Hall–Kier alpha value is -3.14. The van der Waals surface area contributed by atoms with Gasteiger partial charge in [0.1, 0.15) is 23.9 Å². The molecule has 0 aliphatic carbocycles. The van der Waals surface area contributed by atoms with Gasteiger partial charge in [-0.15, -0.1) is 0 Å². The van der Waals surface area contributed by atoms with Crippen LogP contribution in [0.4, 0.5) is 4.79 Å². The van der Waals surface area contributed by atoms with Gasteiger partial charge in [0.15, 0.2) is 11.5 Å². The van der Waals surface area contributed by atoms with Crippen LogP contribution < -0.4 is 15.2 Å². The first kappa shape index (κ1) is 35.9. The van der Waals surface area contributed by atoms with Gasteiger partial charge >= 0.3 is 24.1 Å². The van der Waals surface area contributed by atoms with Crippen molar-refractivity contribution in [2.75, 3.05) is 0 Å². The Balaban J connectivity index is 2.90. The van der Waals surface area contributed by atoms with E-state index in [1.807, 2.05) is 34.6 Å². The number of carbonyl (C=O) groups excluding carboxylic acids is 4. The number of ether oxygens (including phenoxy) is 5. The Labute approximate surface area is 244 Å². The summed E-state index contributed by atoms with van der Waals surface area (Å²) in [5, 5.41) is 0. The van der Waals surface area contributed by atoms with Gasteiger partial charge in [0.25, 0.3) is 0 Å². The molecule has 0 aromatic heterocycles. The van der Waals surface area contributed by atoms with Crippen molar-refractivity contribution < 1.29 is 42.9 Å². The van der Waals surface area contributed by atoms with Gasteiger partial charge in [0, 0.05) is 12.8 Å². The van der Waals surface area contributed by atoms with E-state index in [0.29, 0.717) is 36.7 Å². The van der Waals surface area contributed by atoms with E-state index >= 15 is 0 Å². The Kier molecular flexibility index (Phi) is 14.8. The third-order valence-corrected chi connectivity index (χ3v) is 6.52. The first-order valence-electron chi connectivity index (χ1n) is 14.4. The predicted molar refractivity (Wildman–Crippen MR) is 154 cm³/mol. The number of hydrogen-bond donors (Lipinski definition) is 1. The Morgan fingerprint density at radius 2 is 1.32 bits per heavy atom. The van der Waals surface area contributed by atoms with Crippen LogP contribution in [0.25, 0.3) is 0 Å². The molecule has 2 N–H and O–H groups in total. The highest BCUT2D eigenvalue weighted by Gasteiger charge is 2.28. The molecule has 0 amide bonds. The zero-order valence-electron chi connectivity index (χ0n) is 26.1. The molecule has 0 aliphatic rings. The Bertz CT molecular complexity index is 1020. The third-order valence-electron chi connectivity index (χ3n) is 6.52. The molecule has 1 rings (SSSR count). The number of nitrogens with two attached hydrogens (primary N) is 1. The summed E-state index contributed by atoms with van der Waals surface area (Å²) in [5.74, 6) is -0.737. The van der Waals surface area contributed by atoms with Gasteiger partial charge in [-0.25, -0.2) is 4.79 Å². The second-order valence-electron chi connectivity index (χ2n) is 11.8. The van der Waals surface area contributed by atoms with Crippen LogP contribution in [-0.2, 0) is 35.0 Å².